The Morgan fingerprint density at radius 1 is 1.59 bits per heavy atom. The Balaban J connectivity index is 2.31. The Labute approximate surface area is 107 Å². The van der Waals surface area contributed by atoms with Gasteiger partial charge in [-0.15, -0.1) is 11.8 Å². The number of thioether (sulfide) groups is 1. The van der Waals surface area contributed by atoms with Gasteiger partial charge in [-0.05, 0) is 12.5 Å². The van der Waals surface area contributed by atoms with Gasteiger partial charge in [0.15, 0.2) is 0 Å². The van der Waals surface area contributed by atoms with Crippen molar-refractivity contribution in [1.29, 1.82) is 0 Å². The molecule has 1 saturated heterocycles. The molecule has 1 rings (SSSR count). The van der Waals surface area contributed by atoms with Crippen molar-refractivity contribution < 1.29 is 9.59 Å². The number of nitrogens with zero attached hydrogens (tertiary/aromatic N) is 1. The van der Waals surface area contributed by atoms with Crippen LogP contribution in [-0.2, 0) is 9.59 Å². The van der Waals surface area contributed by atoms with Crippen molar-refractivity contribution in [2.45, 2.75) is 31.6 Å². The van der Waals surface area contributed by atoms with Crippen LogP contribution in [-0.4, -0.2) is 40.9 Å². The Hall–Kier alpha value is -0.970. The molecule has 0 aliphatic carbocycles. The smallest absolute Gasteiger partial charge is 0.243 e. The van der Waals surface area contributed by atoms with Crippen molar-refractivity contribution in [3.63, 3.8) is 0 Å². The standard InChI is InChI=1S/C12H20N2O2S/c1-3-5-12-14(8-9-17-12)11(16)6-7-13-10(15)4-2/h4,12H,2-3,5-9H2,1H3,(H,13,15). The molecule has 1 aliphatic heterocycles. The second kappa shape index (κ2) is 7.37. The van der Waals surface area contributed by atoms with Crippen molar-refractivity contribution in [1.82, 2.24) is 10.2 Å². The number of carbonyl (C=O) groups is 2. The first-order valence-corrected chi connectivity index (χ1v) is 7.05. The molecule has 0 aromatic heterocycles. The van der Waals surface area contributed by atoms with Gasteiger partial charge in [-0.3, -0.25) is 9.59 Å². The van der Waals surface area contributed by atoms with Gasteiger partial charge in [0.05, 0.1) is 5.37 Å². The normalized spacial score (nSPS) is 19.1. The van der Waals surface area contributed by atoms with E-state index in [2.05, 4.69) is 18.8 Å². The molecule has 4 nitrogen and oxygen atoms in total. The topological polar surface area (TPSA) is 49.4 Å². The number of nitrogens with one attached hydrogen (secondary N) is 1. The molecule has 0 radical (unpaired) electrons. The molecule has 1 atom stereocenters. The lowest BCUT2D eigenvalue weighted by Gasteiger charge is -2.23. The van der Waals surface area contributed by atoms with E-state index >= 15 is 0 Å². The first kappa shape index (κ1) is 14.1. The maximum atomic E-state index is 11.9. The first-order chi connectivity index (χ1) is 8.19. The van der Waals surface area contributed by atoms with E-state index in [0.717, 1.165) is 25.1 Å². The van der Waals surface area contributed by atoms with Gasteiger partial charge in [0, 0.05) is 25.3 Å². The highest BCUT2D eigenvalue weighted by Gasteiger charge is 2.27. The Morgan fingerprint density at radius 2 is 2.35 bits per heavy atom. The summed E-state index contributed by atoms with van der Waals surface area (Å²) in [6.45, 7) is 6.72. The van der Waals surface area contributed by atoms with Gasteiger partial charge in [-0.25, -0.2) is 0 Å². The number of hydrogen-bond acceptors (Lipinski definition) is 3. The van der Waals surface area contributed by atoms with Gasteiger partial charge in [-0.2, -0.15) is 0 Å². The van der Waals surface area contributed by atoms with E-state index in [1.54, 1.807) is 0 Å². The maximum Gasteiger partial charge on any atom is 0.243 e. The molecular formula is C12H20N2O2S. The van der Waals surface area contributed by atoms with Gasteiger partial charge in [-0.1, -0.05) is 19.9 Å². The van der Waals surface area contributed by atoms with Crippen LogP contribution in [0.1, 0.15) is 26.2 Å². The van der Waals surface area contributed by atoms with Crippen LogP contribution in [0, 0.1) is 0 Å². The minimum Gasteiger partial charge on any atom is -0.352 e. The lowest BCUT2D eigenvalue weighted by molar-refractivity contribution is -0.131. The Bertz CT molecular complexity index is 294. The van der Waals surface area contributed by atoms with Crippen LogP contribution in [0.15, 0.2) is 12.7 Å². The van der Waals surface area contributed by atoms with Crippen LogP contribution in [0.5, 0.6) is 0 Å². The molecule has 1 aliphatic rings. The first-order valence-electron chi connectivity index (χ1n) is 6.00. The zero-order chi connectivity index (χ0) is 12.7. The van der Waals surface area contributed by atoms with E-state index in [9.17, 15) is 9.59 Å². The largest absolute Gasteiger partial charge is 0.352 e. The zero-order valence-electron chi connectivity index (χ0n) is 10.3. The lowest BCUT2D eigenvalue weighted by atomic mass is 10.3. The van der Waals surface area contributed by atoms with Gasteiger partial charge in [0.25, 0.3) is 0 Å². The molecule has 0 aromatic rings. The number of hydrogen-bond donors (Lipinski definition) is 1. The van der Waals surface area contributed by atoms with E-state index in [1.165, 1.54) is 6.08 Å². The van der Waals surface area contributed by atoms with Gasteiger partial charge < -0.3 is 10.2 Å². The van der Waals surface area contributed by atoms with E-state index in [0.29, 0.717) is 18.3 Å². The van der Waals surface area contributed by atoms with Crippen molar-refractivity contribution >= 4 is 23.6 Å². The predicted molar refractivity (Wildman–Crippen MR) is 70.7 cm³/mol. The second-order valence-corrected chi connectivity index (χ2v) is 5.23. The number of amides is 2. The highest BCUT2D eigenvalue weighted by atomic mass is 32.2. The average Bonchev–Trinajstić information content (AvgIpc) is 2.77. The van der Waals surface area contributed by atoms with Crippen molar-refractivity contribution in [3.8, 4) is 0 Å². The van der Waals surface area contributed by atoms with E-state index < -0.39 is 0 Å². The summed E-state index contributed by atoms with van der Waals surface area (Å²) >= 11 is 1.85. The molecular weight excluding hydrogens is 236 g/mol. The third-order valence-electron chi connectivity index (χ3n) is 2.67. The minimum atomic E-state index is -0.223. The second-order valence-electron chi connectivity index (χ2n) is 3.95. The summed E-state index contributed by atoms with van der Waals surface area (Å²) in [4.78, 5) is 24.8. The highest BCUT2D eigenvalue weighted by Crippen LogP contribution is 2.27. The number of carbonyl (C=O) groups excluding carboxylic acids is 2. The summed E-state index contributed by atoms with van der Waals surface area (Å²) in [5.74, 6) is 0.937. The van der Waals surface area contributed by atoms with Crippen LogP contribution in [0.3, 0.4) is 0 Å². The summed E-state index contributed by atoms with van der Waals surface area (Å²) in [6.07, 6.45) is 3.74. The van der Waals surface area contributed by atoms with Crippen molar-refractivity contribution in [2.75, 3.05) is 18.8 Å². The molecule has 2 amide bonds. The molecule has 1 unspecified atom stereocenters. The average molecular weight is 256 g/mol. The summed E-state index contributed by atoms with van der Waals surface area (Å²) in [7, 11) is 0. The van der Waals surface area contributed by atoms with Gasteiger partial charge in [0.2, 0.25) is 11.8 Å². The Morgan fingerprint density at radius 3 is 3.00 bits per heavy atom. The van der Waals surface area contributed by atoms with Crippen LogP contribution in [0.2, 0.25) is 0 Å². The molecule has 1 N–H and O–H groups in total. The lowest BCUT2D eigenvalue weighted by Crippen LogP contribution is -2.37. The molecule has 96 valence electrons. The van der Waals surface area contributed by atoms with Gasteiger partial charge in [0.1, 0.15) is 0 Å². The minimum absolute atomic E-state index is 0.137. The van der Waals surface area contributed by atoms with Gasteiger partial charge >= 0.3 is 0 Å². The quantitative estimate of drug-likeness (QED) is 0.730. The van der Waals surface area contributed by atoms with Crippen LogP contribution in [0.25, 0.3) is 0 Å². The third-order valence-corrected chi connectivity index (χ3v) is 3.96. The molecule has 1 fully saturated rings. The third kappa shape index (κ3) is 4.42. The summed E-state index contributed by atoms with van der Waals surface area (Å²) in [5.41, 5.74) is 0. The summed E-state index contributed by atoms with van der Waals surface area (Å²) in [5, 5.41) is 2.96. The van der Waals surface area contributed by atoms with Crippen LogP contribution in [0.4, 0.5) is 0 Å². The molecule has 17 heavy (non-hydrogen) atoms. The molecule has 1 heterocycles. The van der Waals surface area contributed by atoms with Crippen molar-refractivity contribution in [3.05, 3.63) is 12.7 Å². The molecule has 0 aromatic carbocycles. The van der Waals surface area contributed by atoms with E-state index in [-0.39, 0.29) is 11.8 Å². The zero-order valence-corrected chi connectivity index (χ0v) is 11.1. The van der Waals surface area contributed by atoms with Crippen LogP contribution >= 0.6 is 11.8 Å². The van der Waals surface area contributed by atoms with Crippen molar-refractivity contribution in [2.24, 2.45) is 0 Å². The molecule has 0 spiro atoms. The fourth-order valence-electron chi connectivity index (χ4n) is 1.80. The highest BCUT2D eigenvalue weighted by molar-refractivity contribution is 8.00. The van der Waals surface area contributed by atoms with E-state index in [4.69, 9.17) is 0 Å². The Kier molecular flexibility index (Phi) is 6.11. The molecule has 0 bridgehead atoms. The predicted octanol–water partition coefficient (Wildman–Crippen LogP) is 1.38. The number of rotatable bonds is 6. The van der Waals surface area contributed by atoms with E-state index in [1.807, 2.05) is 16.7 Å². The SMILES string of the molecule is C=CC(=O)NCCC(=O)N1CCSC1CCC. The maximum absolute atomic E-state index is 11.9. The van der Waals surface area contributed by atoms with Crippen LogP contribution < -0.4 is 5.32 Å². The summed E-state index contributed by atoms with van der Waals surface area (Å²) < 4.78 is 0. The molecule has 5 heteroatoms. The fourth-order valence-corrected chi connectivity index (χ4v) is 3.18. The summed E-state index contributed by atoms with van der Waals surface area (Å²) in [6, 6.07) is 0. The fraction of sp³-hybridized carbons (Fsp3) is 0.667. The monoisotopic (exact) mass is 256 g/mol. The molecule has 0 saturated carbocycles.